The number of para-hydroxylation sites is 1. The molecule has 0 spiro atoms. The zero-order valence-corrected chi connectivity index (χ0v) is 19.1. The normalized spacial score (nSPS) is 14.8. The van der Waals surface area contributed by atoms with E-state index in [-0.39, 0.29) is 22.8 Å². The van der Waals surface area contributed by atoms with E-state index in [0.29, 0.717) is 17.9 Å². The lowest BCUT2D eigenvalue weighted by Crippen LogP contribution is -2.32. The molecule has 5 rings (SSSR count). The molecule has 0 fully saturated rings. The van der Waals surface area contributed by atoms with Crippen molar-refractivity contribution in [3.63, 3.8) is 0 Å². The Bertz CT molecular complexity index is 1390. The number of nitrogens with one attached hydrogen (secondary N) is 1. The van der Waals surface area contributed by atoms with Crippen LogP contribution in [0.5, 0.6) is 0 Å². The summed E-state index contributed by atoms with van der Waals surface area (Å²) in [5.74, 6) is 0.105. The lowest BCUT2D eigenvalue weighted by atomic mass is 10.0. The number of hydrogen-bond donors (Lipinski definition) is 1. The van der Waals surface area contributed by atoms with Crippen molar-refractivity contribution in [3.8, 4) is 5.69 Å². The fourth-order valence-electron chi connectivity index (χ4n) is 4.16. The van der Waals surface area contributed by atoms with E-state index in [9.17, 15) is 9.59 Å². The molecule has 166 valence electrons. The van der Waals surface area contributed by atoms with Crippen LogP contribution in [-0.2, 0) is 13.0 Å². The predicted molar refractivity (Wildman–Crippen MR) is 126 cm³/mol. The van der Waals surface area contributed by atoms with Gasteiger partial charge in [-0.3, -0.25) is 14.6 Å². The van der Waals surface area contributed by atoms with E-state index in [2.05, 4.69) is 21.5 Å². The molecule has 1 aromatic carbocycles. The predicted octanol–water partition coefficient (Wildman–Crippen LogP) is 4.16. The van der Waals surface area contributed by atoms with Crippen LogP contribution in [0.15, 0.2) is 75.0 Å². The van der Waals surface area contributed by atoms with Crippen molar-refractivity contribution in [1.82, 2.24) is 20.0 Å². The van der Waals surface area contributed by atoms with Gasteiger partial charge in [0.1, 0.15) is 5.56 Å². The van der Waals surface area contributed by atoms with E-state index in [1.54, 1.807) is 24.0 Å². The maximum absolute atomic E-state index is 13.3. The molecule has 0 radical (unpaired) electrons. The number of aromatic nitrogens is 3. The number of fused-ring (bicyclic) bond motifs is 3. The average Bonchev–Trinajstić information content (AvgIpc) is 3.14. The molecule has 33 heavy (non-hydrogen) atoms. The third-order valence-electron chi connectivity index (χ3n) is 5.60. The summed E-state index contributed by atoms with van der Waals surface area (Å²) in [5.41, 5.74) is 3.91. The van der Waals surface area contributed by atoms with Crippen molar-refractivity contribution < 1.29 is 9.32 Å². The van der Waals surface area contributed by atoms with E-state index in [0.717, 1.165) is 27.7 Å². The lowest BCUT2D eigenvalue weighted by Gasteiger charge is -2.19. The van der Waals surface area contributed by atoms with Crippen molar-refractivity contribution in [3.05, 3.63) is 105 Å². The molecule has 3 aromatic heterocycles. The van der Waals surface area contributed by atoms with Crippen molar-refractivity contribution >= 4 is 17.7 Å². The van der Waals surface area contributed by atoms with Crippen LogP contribution in [0.3, 0.4) is 0 Å². The quantitative estimate of drug-likeness (QED) is 0.494. The standard InChI is InChI=1S/C25H22N4O3S/c1-15-11-17(32-28-15)14-27-25(31)24-20-13-23(18-7-5-6-10-26-18)33-22-9-4-3-8-19(22)29(20)16(2)12-21(24)30/h3-12,23H,13-14H2,1-2H3,(H,27,31). The van der Waals surface area contributed by atoms with E-state index in [4.69, 9.17) is 4.52 Å². The lowest BCUT2D eigenvalue weighted by molar-refractivity contribution is 0.0944. The van der Waals surface area contributed by atoms with Gasteiger partial charge in [-0.1, -0.05) is 23.4 Å². The molecule has 7 nitrogen and oxygen atoms in total. The van der Waals surface area contributed by atoms with Gasteiger partial charge in [0.2, 0.25) is 0 Å². The number of pyridine rings is 2. The number of thioether (sulfide) groups is 1. The van der Waals surface area contributed by atoms with E-state index >= 15 is 0 Å². The third-order valence-corrected chi connectivity index (χ3v) is 6.89. The molecular weight excluding hydrogens is 436 g/mol. The van der Waals surface area contributed by atoms with E-state index < -0.39 is 5.91 Å². The Morgan fingerprint density at radius 1 is 1.18 bits per heavy atom. The second-order valence-electron chi connectivity index (χ2n) is 7.96. The summed E-state index contributed by atoms with van der Waals surface area (Å²) in [5, 5.41) is 6.63. The van der Waals surface area contributed by atoms with Gasteiger partial charge in [0.25, 0.3) is 5.91 Å². The fourth-order valence-corrected chi connectivity index (χ4v) is 5.41. The summed E-state index contributed by atoms with van der Waals surface area (Å²) >= 11 is 1.70. The van der Waals surface area contributed by atoms with Crippen LogP contribution in [0.4, 0.5) is 0 Å². The second-order valence-corrected chi connectivity index (χ2v) is 9.20. The van der Waals surface area contributed by atoms with Gasteiger partial charge in [-0.25, -0.2) is 0 Å². The molecule has 4 heterocycles. The summed E-state index contributed by atoms with van der Waals surface area (Å²) in [6.07, 6.45) is 2.25. The van der Waals surface area contributed by atoms with Gasteiger partial charge in [-0.15, -0.1) is 11.8 Å². The minimum absolute atomic E-state index is 0.0502. The molecule has 0 saturated heterocycles. The van der Waals surface area contributed by atoms with Crippen molar-refractivity contribution in [1.29, 1.82) is 0 Å². The number of benzene rings is 1. The van der Waals surface area contributed by atoms with Crippen molar-refractivity contribution in [2.24, 2.45) is 0 Å². The second kappa shape index (κ2) is 8.71. The SMILES string of the molecule is Cc1cc(CNC(=O)c2c3n(c(C)cc2=O)-c2ccccc2SC(c2ccccn2)C3)on1. The maximum Gasteiger partial charge on any atom is 0.257 e. The molecule has 4 aromatic rings. The van der Waals surface area contributed by atoms with Crippen LogP contribution in [0.25, 0.3) is 5.69 Å². The topological polar surface area (TPSA) is 90.0 Å². The first-order chi connectivity index (χ1) is 16.0. The van der Waals surface area contributed by atoms with Gasteiger partial charge in [0.05, 0.1) is 28.9 Å². The molecule has 8 heteroatoms. The number of nitrogens with zero attached hydrogens (tertiary/aromatic N) is 3. The number of carbonyl (C=O) groups is 1. The van der Waals surface area contributed by atoms with Crippen LogP contribution in [0.2, 0.25) is 0 Å². The minimum atomic E-state index is -0.429. The fraction of sp³-hybridized carbons (Fsp3) is 0.200. The smallest absolute Gasteiger partial charge is 0.257 e. The van der Waals surface area contributed by atoms with Crippen LogP contribution < -0.4 is 10.7 Å². The van der Waals surface area contributed by atoms with Crippen LogP contribution >= 0.6 is 11.8 Å². The summed E-state index contributed by atoms with van der Waals surface area (Å²) in [4.78, 5) is 32.0. The van der Waals surface area contributed by atoms with Crippen LogP contribution in [0.1, 0.15) is 44.1 Å². The zero-order valence-electron chi connectivity index (χ0n) is 18.2. The van der Waals surface area contributed by atoms with E-state index in [1.165, 1.54) is 6.07 Å². The van der Waals surface area contributed by atoms with E-state index in [1.807, 2.05) is 54.8 Å². The highest BCUT2D eigenvalue weighted by Gasteiger charge is 2.29. The van der Waals surface area contributed by atoms with Gasteiger partial charge in [0.15, 0.2) is 11.2 Å². The number of hydrogen-bond acceptors (Lipinski definition) is 6. The molecule has 0 saturated carbocycles. The first-order valence-electron chi connectivity index (χ1n) is 10.6. The Kier molecular flexibility index (Phi) is 5.60. The Labute approximate surface area is 194 Å². The highest BCUT2D eigenvalue weighted by molar-refractivity contribution is 7.99. The van der Waals surface area contributed by atoms with Crippen LogP contribution in [-0.4, -0.2) is 20.6 Å². The zero-order chi connectivity index (χ0) is 22.9. The average molecular weight is 459 g/mol. The van der Waals surface area contributed by atoms with Gasteiger partial charge in [-0.2, -0.15) is 0 Å². The number of rotatable bonds is 4. The highest BCUT2D eigenvalue weighted by atomic mass is 32.2. The first-order valence-corrected chi connectivity index (χ1v) is 11.5. The van der Waals surface area contributed by atoms with Gasteiger partial charge >= 0.3 is 0 Å². The van der Waals surface area contributed by atoms with Crippen molar-refractivity contribution in [2.75, 3.05) is 0 Å². The molecular formula is C25H22N4O3S. The van der Waals surface area contributed by atoms with Gasteiger partial charge < -0.3 is 14.4 Å². The first kappa shape index (κ1) is 21.2. The molecule has 1 N–H and O–H groups in total. The molecule has 1 unspecified atom stereocenters. The Hall–Kier alpha value is -3.65. The molecule has 1 aliphatic heterocycles. The summed E-state index contributed by atoms with van der Waals surface area (Å²) in [7, 11) is 0. The highest BCUT2D eigenvalue weighted by Crippen LogP contribution is 2.43. The molecule has 1 aliphatic rings. The minimum Gasteiger partial charge on any atom is -0.359 e. The Morgan fingerprint density at radius 2 is 2.00 bits per heavy atom. The van der Waals surface area contributed by atoms with Gasteiger partial charge in [-0.05, 0) is 38.1 Å². The number of amides is 1. The monoisotopic (exact) mass is 458 g/mol. The van der Waals surface area contributed by atoms with Gasteiger partial charge in [0, 0.05) is 41.0 Å². The third kappa shape index (κ3) is 4.09. The summed E-state index contributed by atoms with van der Waals surface area (Å²) in [6.45, 7) is 3.86. The molecule has 0 aliphatic carbocycles. The number of aryl methyl sites for hydroxylation is 2. The number of carbonyl (C=O) groups excluding carboxylic acids is 1. The Morgan fingerprint density at radius 3 is 2.76 bits per heavy atom. The molecule has 1 atom stereocenters. The Balaban J connectivity index is 1.63. The van der Waals surface area contributed by atoms with Crippen molar-refractivity contribution in [2.45, 2.75) is 37.0 Å². The summed E-state index contributed by atoms with van der Waals surface area (Å²) in [6, 6.07) is 17.1. The largest absolute Gasteiger partial charge is 0.359 e. The van der Waals surface area contributed by atoms with Crippen LogP contribution in [0, 0.1) is 13.8 Å². The maximum atomic E-state index is 13.3. The molecule has 0 bridgehead atoms. The summed E-state index contributed by atoms with van der Waals surface area (Å²) < 4.78 is 7.22. The molecule has 1 amide bonds.